The Morgan fingerprint density at radius 1 is 1.19 bits per heavy atom. The highest BCUT2D eigenvalue weighted by Gasteiger charge is 2.26. The molecule has 0 aliphatic heterocycles. The van der Waals surface area contributed by atoms with Gasteiger partial charge in [-0.2, -0.15) is 0 Å². The van der Waals surface area contributed by atoms with Gasteiger partial charge in [-0.25, -0.2) is 0 Å². The first kappa shape index (κ1) is 20.4. The van der Waals surface area contributed by atoms with Crippen LogP contribution in [-0.2, 0) is 4.74 Å². The number of nitrogen functional groups attached to an aromatic ring is 1. The molecule has 0 unspecified atom stereocenters. The second kappa shape index (κ2) is 8.79. The Hall–Kier alpha value is -1.32. The van der Waals surface area contributed by atoms with Crippen molar-refractivity contribution in [2.24, 2.45) is 5.41 Å². The predicted molar refractivity (Wildman–Crippen MR) is 116 cm³/mol. The van der Waals surface area contributed by atoms with Crippen LogP contribution >= 0.6 is 0 Å². The number of hydrogen-bond donors (Lipinski definition) is 1. The smallest absolute Gasteiger partial charge is 0.0589 e. The van der Waals surface area contributed by atoms with Crippen molar-refractivity contribution in [1.29, 1.82) is 0 Å². The van der Waals surface area contributed by atoms with Gasteiger partial charge in [0.1, 0.15) is 0 Å². The zero-order valence-electron chi connectivity index (χ0n) is 17.8. The summed E-state index contributed by atoms with van der Waals surface area (Å²) in [6.45, 7) is 6.58. The van der Waals surface area contributed by atoms with Crippen LogP contribution in [0.2, 0.25) is 0 Å². The number of likely N-dealkylation sites (N-methyl/N-ethyl adjacent to an activating group) is 1. The monoisotopic (exact) mass is 370 g/mol. The van der Waals surface area contributed by atoms with Crippen molar-refractivity contribution in [3.05, 3.63) is 35.4 Å². The van der Waals surface area contributed by atoms with E-state index in [-0.39, 0.29) is 0 Å². The van der Waals surface area contributed by atoms with E-state index in [9.17, 15) is 0 Å². The van der Waals surface area contributed by atoms with E-state index in [1.807, 2.05) is 0 Å². The average molecular weight is 371 g/mol. The molecule has 3 rings (SSSR count). The van der Waals surface area contributed by atoms with E-state index in [4.69, 9.17) is 10.5 Å². The van der Waals surface area contributed by atoms with Crippen molar-refractivity contribution < 1.29 is 4.74 Å². The van der Waals surface area contributed by atoms with Crippen LogP contribution in [0.25, 0.3) is 5.57 Å². The average Bonchev–Trinajstić information content (AvgIpc) is 2.67. The topological polar surface area (TPSA) is 38.5 Å². The molecule has 3 nitrogen and oxygen atoms in total. The van der Waals surface area contributed by atoms with Crippen LogP contribution < -0.4 is 5.73 Å². The van der Waals surface area contributed by atoms with E-state index >= 15 is 0 Å². The van der Waals surface area contributed by atoms with Crippen LogP contribution in [0.15, 0.2) is 24.3 Å². The number of hydrogen-bond acceptors (Lipinski definition) is 3. The van der Waals surface area contributed by atoms with Crippen LogP contribution in [0.4, 0.5) is 5.69 Å². The Morgan fingerprint density at radius 3 is 2.56 bits per heavy atom. The molecule has 0 heterocycles. The van der Waals surface area contributed by atoms with Gasteiger partial charge in [-0.1, -0.05) is 26.0 Å². The summed E-state index contributed by atoms with van der Waals surface area (Å²) in [4.78, 5) is 2.47. The maximum atomic E-state index is 6.37. The molecular weight excluding hydrogens is 332 g/mol. The zero-order valence-corrected chi connectivity index (χ0v) is 17.8. The number of methoxy groups -OCH3 is 1. The van der Waals surface area contributed by atoms with Crippen molar-refractivity contribution in [2.75, 3.05) is 33.0 Å². The summed E-state index contributed by atoms with van der Waals surface area (Å²) >= 11 is 0. The first-order valence-corrected chi connectivity index (χ1v) is 10.7. The summed E-state index contributed by atoms with van der Waals surface area (Å²) in [5, 5.41) is 0. The fourth-order valence-electron chi connectivity index (χ4n) is 4.69. The molecule has 0 spiro atoms. The third-order valence-electron chi connectivity index (χ3n) is 6.84. The van der Waals surface area contributed by atoms with Crippen molar-refractivity contribution in [2.45, 2.75) is 70.8 Å². The quantitative estimate of drug-likeness (QED) is 0.675. The number of nitrogens with two attached hydrogens (primary N) is 1. The van der Waals surface area contributed by atoms with E-state index in [1.54, 1.807) is 7.11 Å². The fraction of sp³-hybridized carbons (Fsp3) is 0.667. The molecule has 1 saturated carbocycles. The summed E-state index contributed by atoms with van der Waals surface area (Å²) in [6, 6.07) is 7.51. The highest BCUT2D eigenvalue weighted by molar-refractivity contribution is 5.76. The molecule has 2 aliphatic rings. The highest BCUT2D eigenvalue weighted by atomic mass is 16.5. The second-order valence-electron chi connectivity index (χ2n) is 9.42. The lowest BCUT2D eigenvalue weighted by atomic mass is 9.76. The molecule has 2 N–H and O–H groups in total. The first-order chi connectivity index (χ1) is 12.9. The van der Waals surface area contributed by atoms with E-state index in [0.717, 1.165) is 31.7 Å². The van der Waals surface area contributed by atoms with Crippen molar-refractivity contribution >= 4 is 11.3 Å². The minimum Gasteiger partial charge on any atom is -0.398 e. The molecule has 0 atom stereocenters. The maximum Gasteiger partial charge on any atom is 0.0589 e. The number of allylic oxidation sites excluding steroid dienone is 2. The van der Waals surface area contributed by atoms with Gasteiger partial charge in [0.25, 0.3) is 0 Å². The van der Waals surface area contributed by atoms with Crippen molar-refractivity contribution in [3.63, 3.8) is 0 Å². The van der Waals surface area contributed by atoms with Gasteiger partial charge in [-0.15, -0.1) is 0 Å². The molecule has 0 amide bonds. The summed E-state index contributed by atoms with van der Waals surface area (Å²) < 4.78 is 5.23. The number of nitrogens with zero attached hydrogens (tertiary/aromatic N) is 1. The Labute approximate surface area is 166 Å². The Balaban J connectivity index is 1.66. The predicted octanol–water partition coefficient (Wildman–Crippen LogP) is 5.47. The molecule has 0 bridgehead atoms. The van der Waals surface area contributed by atoms with Gasteiger partial charge in [0.2, 0.25) is 0 Å². The normalized spacial score (nSPS) is 25.4. The maximum absolute atomic E-state index is 6.37. The van der Waals surface area contributed by atoms with Crippen LogP contribution in [0, 0.1) is 5.41 Å². The van der Waals surface area contributed by atoms with Gasteiger partial charge in [0.15, 0.2) is 0 Å². The lowest BCUT2D eigenvalue weighted by molar-refractivity contribution is 0.120. The van der Waals surface area contributed by atoms with Crippen molar-refractivity contribution in [1.82, 2.24) is 4.90 Å². The summed E-state index contributed by atoms with van der Waals surface area (Å²) in [5.41, 5.74) is 12.0. The standard InChI is InChI=1S/C24H38N2O/c1-24(2)13-11-19(12-14-24)22-17-20(7-10-23(22)25)18-5-8-21(9-6-18)26(3)15-16-27-4/h7,10-11,17-18,21H,5-6,8-9,12-16,25H2,1-4H3. The minimum absolute atomic E-state index is 0.434. The molecule has 1 aromatic rings. The third-order valence-corrected chi connectivity index (χ3v) is 6.84. The molecule has 1 aromatic carbocycles. The minimum atomic E-state index is 0.434. The lowest BCUT2D eigenvalue weighted by Gasteiger charge is -2.35. The lowest BCUT2D eigenvalue weighted by Crippen LogP contribution is -2.36. The first-order valence-electron chi connectivity index (χ1n) is 10.7. The third kappa shape index (κ3) is 5.14. The molecule has 3 heteroatoms. The van der Waals surface area contributed by atoms with E-state index < -0.39 is 0 Å². The summed E-state index contributed by atoms with van der Waals surface area (Å²) in [7, 11) is 4.02. The Bertz CT molecular complexity index is 656. The van der Waals surface area contributed by atoms with Crippen LogP contribution in [0.5, 0.6) is 0 Å². The molecule has 0 radical (unpaired) electrons. The number of anilines is 1. The van der Waals surface area contributed by atoms with Crippen LogP contribution in [0.1, 0.15) is 75.8 Å². The van der Waals surface area contributed by atoms with Gasteiger partial charge in [0, 0.05) is 30.9 Å². The van der Waals surface area contributed by atoms with E-state index in [2.05, 4.69) is 50.1 Å². The number of benzene rings is 1. The number of rotatable bonds is 6. The van der Waals surface area contributed by atoms with Gasteiger partial charge < -0.3 is 15.4 Å². The van der Waals surface area contributed by atoms with Gasteiger partial charge in [-0.05, 0) is 86.6 Å². The summed E-state index contributed by atoms with van der Waals surface area (Å²) in [6.07, 6.45) is 11.1. The second-order valence-corrected chi connectivity index (χ2v) is 9.42. The highest BCUT2D eigenvalue weighted by Crippen LogP contribution is 2.41. The SMILES string of the molecule is COCCN(C)C1CCC(c2ccc(N)c(C3=CCC(C)(C)CC3)c2)CC1. The largest absolute Gasteiger partial charge is 0.398 e. The Morgan fingerprint density at radius 2 is 1.93 bits per heavy atom. The van der Waals surface area contributed by atoms with Crippen LogP contribution in [-0.4, -0.2) is 38.3 Å². The molecule has 27 heavy (non-hydrogen) atoms. The summed E-state index contributed by atoms with van der Waals surface area (Å²) in [5.74, 6) is 0.678. The molecule has 1 fully saturated rings. The van der Waals surface area contributed by atoms with Crippen LogP contribution in [0.3, 0.4) is 0 Å². The van der Waals surface area contributed by atoms with E-state index in [0.29, 0.717) is 17.4 Å². The van der Waals surface area contributed by atoms with E-state index in [1.165, 1.54) is 48.8 Å². The van der Waals surface area contributed by atoms with Gasteiger partial charge in [0.05, 0.1) is 6.61 Å². The fourth-order valence-corrected chi connectivity index (χ4v) is 4.69. The molecule has 2 aliphatic carbocycles. The van der Waals surface area contributed by atoms with Gasteiger partial charge >= 0.3 is 0 Å². The molecule has 150 valence electrons. The Kier molecular flexibility index (Phi) is 6.65. The van der Waals surface area contributed by atoms with Crippen molar-refractivity contribution in [3.8, 4) is 0 Å². The molecule has 0 saturated heterocycles. The molecule has 0 aromatic heterocycles. The number of ether oxygens (including phenoxy) is 1. The zero-order chi connectivity index (χ0) is 19.4. The molecular formula is C24H38N2O. The van der Waals surface area contributed by atoms with Gasteiger partial charge in [-0.3, -0.25) is 0 Å².